The average molecular weight is 263 g/mol. The summed E-state index contributed by atoms with van der Waals surface area (Å²) in [4.78, 5) is 13.1. The summed E-state index contributed by atoms with van der Waals surface area (Å²) in [7, 11) is 0. The number of benzene rings is 1. The van der Waals surface area contributed by atoms with Gasteiger partial charge in [0, 0.05) is 18.7 Å². The highest BCUT2D eigenvalue weighted by atomic mass is 16.6. The van der Waals surface area contributed by atoms with E-state index in [9.17, 15) is 10.1 Å². The van der Waals surface area contributed by atoms with Crippen molar-refractivity contribution < 1.29 is 4.92 Å². The molecule has 0 spiro atoms. The Morgan fingerprint density at radius 1 is 1.47 bits per heavy atom. The van der Waals surface area contributed by atoms with Crippen LogP contribution in [0.5, 0.6) is 0 Å². The van der Waals surface area contributed by atoms with Crippen LogP contribution in [0.25, 0.3) is 0 Å². The van der Waals surface area contributed by atoms with Crippen LogP contribution in [-0.4, -0.2) is 24.1 Å². The quantitative estimate of drug-likeness (QED) is 0.669. The molecule has 0 saturated carbocycles. The minimum atomic E-state index is -0.281. The number of nitrogens with two attached hydrogens (primary N) is 1. The summed E-state index contributed by atoms with van der Waals surface area (Å²) in [5, 5.41) is 11.2. The first-order valence-corrected chi connectivity index (χ1v) is 6.85. The number of rotatable bonds is 4. The monoisotopic (exact) mass is 263 g/mol. The second kappa shape index (κ2) is 6.02. The van der Waals surface area contributed by atoms with Gasteiger partial charge in [-0.25, -0.2) is 0 Å². The van der Waals surface area contributed by atoms with E-state index in [1.165, 1.54) is 6.42 Å². The Labute approximate surface area is 113 Å². The molecule has 0 amide bonds. The molecule has 1 unspecified atom stereocenters. The van der Waals surface area contributed by atoms with Crippen LogP contribution in [0.4, 0.5) is 11.4 Å². The molecule has 1 heterocycles. The van der Waals surface area contributed by atoms with Crippen LogP contribution in [0.1, 0.15) is 31.2 Å². The molecule has 1 aromatic rings. The van der Waals surface area contributed by atoms with Gasteiger partial charge in [0.2, 0.25) is 0 Å². The first-order chi connectivity index (χ1) is 9.13. The Morgan fingerprint density at radius 2 is 2.26 bits per heavy atom. The van der Waals surface area contributed by atoms with E-state index in [0.29, 0.717) is 12.6 Å². The highest BCUT2D eigenvalue weighted by Crippen LogP contribution is 2.34. The molecule has 2 rings (SSSR count). The predicted molar refractivity (Wildman–Crippen MR) is 76.5 cm³/mol. The fourth-order valence-electron chi connectivity index (χ4n) is 2.83. The van der Waals surface area contributed by atoms with Crippen molar-refractivity contribution in [3.63, 3.8) is 0 Å². The lowest BCUT2D eigenvalue weighted by Gasteiger charge is -2.37. The Hall–Kier alpha value is -1.62. The van der Waals surface area contributed by atoms with Crippen molar-refractivity contribution in [1.29, 1.82) is 0 Å². The van der Waals surface area contributed by atoms with Crippen LogP contribution in [0.2, 0.25) is 0 Å². The van der Waals surface area contributed by atoms with E-state index in [1.54, 1.807) is 6.07 Å². The number of aryl methyl sites for hydroxylation is 1. The summed E-state index contributed by atoms with van der Waals surface area (Å²) >= 11 is 0. The Kier molecular flexibility index (Phi) is 4.37. The number of hydrogen-bond donors (Lipinski definition) is 1. The highest BCUT2D eigenvalue weighted by molar-refractivity contribution is 5.65. The molecule has 1 saturated heterocycles. The largest absolute Gasteiger partial charge is 0.363 e. The van der Waals surface area contributed by atoms with Gasteiger partial charge in [-0.1, -0.05) is 6.07 Å². The van der Waals surface area contributed by atoms with Crippen molar-refractivity contribution in [2.24, 2.45) is 5.73 Å². The van der Waals surface area contributed by atoms with E-state index in [2.05, 4.69) is 4.90 Å². The third-order valence-corrected chi connectivity index (χ3v) is 3.76. The summed E-state index contributed by atoms with van der Waals surface area (Å²) in [5.74, 6) is 0. The summed E-state index contributed by atoms with van der Waals surface area (Å²) in [6.07, 6.45) is 4.24. The van der Waals surface area contributed by atoms with Crippen LogP contribution >= 0.6 is 0 Å². The minimum absolute atomic E-state index is 0.212. The molecular weight excluding hydrogens is 242 g/mol. The van der Waals surface area contributed by atoms with Gasteiger partial charge in [-0.3, -0.25) is 10.1 Å². The Balaban J connectivity index is 2.35. The first-order valence-electron chi connectivity index (χ1n) is 6.85. The SMILES string of the molecule is Cc1ccc(N2CCCCC2CCN)c([N+](=O)[O-])c1. The van der Waals surface area contributed by atoms with Gasteiger partial charge in [-0.15, -0.1) is 0 Å². The van der Waals surface area contributed by atoms with E-state index in [1.807, 2.05) is 19.1 Å². The van der Waals surface area contributed by atoms with Crippen LogP contribution < -0.4 is 10.6 Å². The van der Waals surface area contributed by atoms with Crippen molar-refractivity contribution in [3.05, 3.63) is 33.9 Å². The van der Waals surface area contributed by atoms with Crippen LogP contribution in [-0.2, 0) is 0 Å². The molecule has 1 aliphatic heterocycles. The molecule has 1 atom stereocenters. The molecule has 19 heavy (non-hydrogen) atoms. The maximum atomic E-state index is 11.2. The van der Waals surface area contributed by atoms with Crippen molar-refractivity contribution in [1.82, 2.24) is 0 Å². The maximum Gasteiger partial charge on any atom is 0.292 e. The third kappa shape index (κ3) is 3.04. The summed E-state index contributed by atoms with van der Waals surface area (Å²) in [6, 6.07) is 5.81. The van der Waals surface area contributed by atoms with Crippen molar-refractivity contribution in [3.8, 4) is 0 Å². The summed E-state index contributed by atoms with van der Waals surface area (Å²) < 4.78 is 0. The zero-order chi connectivity index (χ0) is 13.8. The van der Waals surface area contributed by atoms with E-state index >= 15 is 0 Å². The second-order valence-electron chi connectivity index (χ2n) is 5.17. The normalized spacial score (nSPS) is 19.5. The first kappa shape index (κ1) is 13.8. The molecule has 2 N–H and O–H groups in total. The van der Waals surface area contributed by atoms with Gasteiger partial charge in [0.25, 0.3) is 5.69 Å². The molecule has 5 heteroatoms. The molecule has 0 bridgehead atoms. The van der Waals surface area contributed by atoms with Crippen molar-refractivity contribution >= 4 is 11.4 Å². The number of nitro benzene ring substituents is 1. The van der Waals surface area contributed by atoms with Gasteiger partial charge in [0.05, 0.1) is 4.92 Å². The lowest BCUT2D eigenvalue weighted by molar-refractivity contribution is -0.384. The number of nitro groups is 1. The van der Waals surface area contributed by atoms with E-state index in [-0.39, 0.29) is 10.6 Å². The molecular formula is C14H21N3O2. The van der Waals surface area contributed by atoms with Crippen LogP contribution in [0, 0.1) is 17.0 Å². The standard InChI is InChI=1S/C14H21N3O2/c1-11-5-6-13(14(10-11)17(18)19)16-9-3-2-4-12(16)7-8-15/h5-6,10,12H,2-4,7-9,15H2,1H3. The van der Waals surface area contributed by atoms with E-state index < -0.39 is 0 Å². The van der Waals surface area contributed by atoms with Gasteiger partial charge < -0.3 is 10.6 Å². The highest BCUT2D eigenvalue weighted by Gasteiger charge is 2.27. The van der Waals surface area contributed by atoms with Gasteiger partial charge in [-0.05, 0) is 50.8 Å². The van der Waals surface area contributed by atoms with Crippen molar-refractivity contribution in [2.75, 3.05) is 18.0 Å². The smallest absolute Gasteiger partial charge is 0.292 e. The van der Waals surface area contributed by atoms with Crippen LogP contribution in [0.15, 0.2) is 18.2 Å². The number of piperidine rings is 1. The number of anilines is 1. The molecule has 0 radical (unpaired) electrons. The molecule has 104 valence electrons. The predicted octanol–water partition coefficient (Wildman–Crippen LogP) is 2.61. The van der Waals surface area contributed by atoms with Gasteiger partial charge >= 0.3 is 0 Å². The lowest BCUT2D eigenvalue weighted by atomic mass is 9.98. The van der Waals surface area contributed by atoms with Gasteiger partial charge in [-0.2, -0.15) is 0 Å². The molecule has 1 fully saturated rings. The second-order valence-corrected chi connectivity index (χ2v) is 5.17. The zero-order valence-corrected chi connectivity index (χ0v) is 11.3. The maximum absolute atomic E-state index is 11.2. The average Bonchev–Trinajstić information content (AvgIpc) is 2.40. The fourth-order valence-corrected chi connectivity index (χ4v) is 2.83. The molecule has 1 aliphatic rings. The van der Waals surface area contributed by atoms with Gasteiger partial charge in [0.1, 0.15) is 5.69 Å². The van der Waals surface area contributed by atoms with Crippen LogP contribution in [0.3, 0.4) is 0 Å². The molecule has 0 aromatic heterocycles. The fraction of sp³-hybridized carbons (Fsp3) is 0.571. The lowest BCUT2D eigenvalue weighted by Crippen LogP contribution is -2.41. The number of hydrogen-bond acceptors (Lipinski definition) is 4. The van der Waals surface area contributed by atoms with E-state index in [4.69, 9.17) is 5.73 Å². The topological polar surface area (TPSA) is 72.4 Å². The molecule has 1 aromatic carbocycles. The van der Waals surface area contributed by atoms with Gasteiger partial charge in [0.15, 0.2) is 0 Å². The minimum Gasteiger partial charge on any atom is -0.363 e. The Morgan fingerprint density at radius 3 is 2.95 bits per heavy atom. The van der Waals surface area contributed by atoms with Crippen molar-refractivity contribution in [2.45, 2.75) is 38.6 Å². The van der Waals surface area contributed by atoms with E-state index in [0.717, 1.165) is 37.1 Å². The third-order valence-electron chi connectivity index (χ3n) is 3.76. The summed E-state index contributed by atoms with van der Waals surface area (Å²) in [6.45, 7) is 3.39. The summed E-state index contributed by atoms with van der Waals surface area (Å²) in [5.41, 5.74) is 7.54. The molecule has 5 nitrogen and oxygen atoms in total. The number of nitrogens with zero attached hydrogens (tertiary/aromatic N) is 2. The zero-order valence-electron chi connectivity index (χ0n) is 11.3. The molecule has 0 aliphatic carbocycles. The Bertz CT molecular complexity index is 460.